The number of ether oxygens (including phenoxy) is 1. The van der Waals surface area contributed by atoms with Crippen LogP contribution in [-0.2, 0) is 9.53 Å². The monoisotopic (exact) mass is 312 g/mol. The molecule has 2 aromatic carbocycles. The van der Waals surface area contributed by atoms with Crippen LogP contribution in [0.15, 0.2) is 54.6 Å². The molecule has 1 atom stereocenters. The number of carbonyl (C=O) groups excluding carboxylic acids is 2. The van der Waals surface area contributed by atoms with Gasteiger partial charge in [0.25, 0.3) is 5.91 Å². The number of esters is 1. The van der Waals surface area contributed by atoms with Crippen molar-refractivity contribution in [3.63, 3.8) is 0 Å². The third kappa shape index (κ3) is 4.57. The van der Waals surface area contributed by atoms with Gasteiger partial charge in [0.2, 0.25) is 0 Å². The zero-order valence-electron chi connectivity index (χ0n) is 13.2. The van der Waals surface area contributed by atoms with E-state index in [1.54, 1.807) is 24.3 Å². The number of hydrogen-bond acceptors (Lipinski definition) is 4. The lowest BCUT2D eigenvalue weighted by molar-refractivity contribution is -0.141. The van der Waals surface area contributed by atoms with Gasteiger partial charge in [-0.15, -0.1) is 0 Å². The van der Waals surface area contributed by atoms with E-state index in [0.29, 0.717) is 17.7 Å². The van der Waals surface area contributed by atoms with E-state index in [0.717, 1.165) is 5.69 Å². The Morgan fingerprint density at radius 1 is 1.04 bits per heavy atom. The Morgan fingerprint density at radius 3 is 2.39 bits per heavy atom. The van der Waals surface area contributed by atoms with Gasteiger partial charge in [0.05, 0.1) is 7.11 Å². The predicted molar refractivity (Wildman–Crippen MR) is 90.6 cm³/mol. The molecule has 0 aliphatic carbocycles. The van der Waals surface area contributed by atoms with Crippen LogP contribution in [0.25, 0.3) is 0 Å². The molecule has 2 rings (SSSR count). The summed E-state index contributed by atoms with van der Waals surface area (Å²) >= 11 is 0. The number of anilines is 2. The second-order valence-electron chi connectivity index (χ2n) is 5.03. The zero-order chi connectivity index (χ0) is 16.7. The smallest absolute Gasteiger partial charge is 0.328 e. The van der Waals surface area contributed by atoms with Crippen LogP contribution in [0.5, 0.6) is 0 Å². The molecule has 0 aliphatic rings. The van der Waals surface area contributed by atoms with Crippen molar-refractivity contribution in [2.24, 2.45) is 0 Å². The normalized spacial score (nSPS) is 11.4. The number of methoxy groups -OCH3 is 1. The Balaban J connectivity index is 2.08. The average Bonchev–Trinajstić information content (AvgIpc) is 2.60. The number of rotatable bonds is 6. The molecule has 0 radical (unpaired) electrons. The Kier molecular flexibility index (Phi) is 5.74. The minimum Gasteiger partial charge on any atom is -0.467 e. The first-order chi connectivity index (χ1) is 11.1. The number of amides is 1. The van der Waals surface area contributed by atoms with E-state index in [2.05, 4.69) is 10.6 Å². The Labute approximate surface area is 135 Å². The summed E-state index contributed by atoms with van der Waals surface area (Å²) in [4.78, 5) is 23.8. The molecule has 2 N–H and O–H groups in total. The summed E-state index contributed by atoms with van der Waals surface area (Å²) in [6, 6.07) is 15.8. The molecule has 120 valence electrons. The second kappa shape index (κ2) is 7.98. The summed E-state index contributed by atoms with van der Waals surface area (Å²) in [7, 11) is 1.36. The summed E-state index contributed by atoms with van der Waals surface area (Å²) in [5.74, 6) is -0.492. The second-order valence-corrected chi connectivity index (χ2v) is 5.03. The molecule has 2 aromatic rings. The number of nitrogens with one attached hydrogen (secondary N) is 2. The largest absolute Gasteiger partial charge is 0.467 e. The molecular formula is C18H20N2O3. The molecule has 0 bridgehead atoms. The fourth-order valence-corrected chi connectivity index (χ4v) is 2.15. The van der Waals surface area contributed by atoms with Gasteiger partial charge in [0, 0.05) is 16.9 Å². The van der Waals surface area contributed by atoms with Gasteiger partial charge in [-0.3, -0.25) is 4.79 Å². The Bertz CT molecular complexity index is 671. The van der Waals surface area contributed by atoms with E-state index in [9.17, 15) is 9.59 Å². The van der Waals surface area contributed by atoms with Crippen molar-refractivity contribution < 1.29 is 14.3 Å². The molecule has 0 aliphatic heterocycles. The van der Waals surface area contributed by atoms with Crippen molar-refractivity contribution in [2.75, 3.05) is 17.7 Å². The van der Waals surface area contributed by atoms with Gasteiger partial charge in [-0.25, -0.2) is 4.79 Å². The van der Waals surface area contributed by atoms with Gasteiger partial charge in [0.15, 0.2) is 0 Å². The fraction of sp³-hybridized carbons (Fsp3) is 0.222. The summed E-state index contributed by atoms with van der Waals surface area (Å²) in [5.41, 5.74) is 1.99. The van der Waals surface area contributed by atoms with E-state index >= 15 is 0 Å². The van der Waals surface area contributed by atoms with Crippen LogP contribution in [0, 0.1) is 0 Å². The van der Waals surface area contributed by atoms with Gasteiger partial charge in [-0.05, 0) is 36.8 Å². The SMILES string of the molecule is CC[C@@H](Nc1cccc(NC(=O)c2ccccc2)c1)C(=O)OC. The van der Waals surface area contributed by atoms with Crippen LogP contribution in [0.3, 0.4) is 0 Å². The first-order valence-electron chi connectivity index (χ1n) is 7.45. The quantitative estimate of drug-likeness (QED) is 0.803. The minimum atomic E-state index is -0.417. The first kappa shape index (κ1) is 16.5. The molecule has 1 amide bonds. The molecule has 23 heavy (non-hydrogen) atoms. The zero-order valence-corrected chi connectivity index (χ0v) is 13.2. The molecule has 5 heteroatoms. The van der Waals surface area contributed by atoms with E-state index in [-0.39, 0.29) is 11.9 Å². The molecule has 0 unspecified atom stereocenters. The van der Waals surface area contributed by atoms with Gasteiger partial charge in [-0.1, -0.05) is 31.2 Å². The number of hydrogen-bond donors (Lipinski definition) is 2. The van der Waals surface area contributed by atoms with Crippen molar-refractivity contribution in [1.82, 2.24) is 0 Å². The number of benzene rings is 2. The van der Waals surface area contributed by atoms with E-state index in [1.165, 1.54) is 7.11 Å². The van der Waals surface area contributed by atoms with Crippen LogP contribution in [0.4, 0.5) is 11.4 Å². The maximum Gasteiger partial charge on any atom is 0.328 e. The maximum atomic E-state index is 12.2. The van der Waals surface area contributed by atoms with Crippen LogP contribution in [0.2, 0.25) is 0 Å². The predicted octanol–water partition coefficient (Wildman–Crippen LogP) is 3.30. The highest BCUT2D eigenvalue weighted by molar-refractivity contribution is 6.04. The molecular weight excluding hydrogens is 292 g/mol. The Morgan fingerprint density at radius 2 is 1.74 bits per heavy atom. The van der Waals surface area contributed by atoms with Crippen LogP contribution < -0.4 is 10.6 Å². The van der Waals surface area contributed by atoms with E-state index in [1.807, 2.05) is 37.3 Å². The lowest BCUT2D eigenvalue weighted by Gasteiger charge is -2.16. The van der Waals surface area contributed by atoms with Crippen molar-refractivity contribution in [3.05, 3.63) is 60.2 Å². The topological polar surface area (TPSA) is 67.4 Å². The van der Waals surface area contributed by atoms with Gasteiger partial charge in [0.1, 0.15) is 6.04 Å². The molecule has 5 nitrogen and oxygen atoms in total. The van der Waals surface area contributed by atoms with Gasteiger partial charge in [-0.2, -0.15) is 0 Å². The lowest BCUT2D eigenvalue weighted by atomic mass is 10.2. The molecule has 0 fully saturated rings. The summed E-state index contributed by atoms with van der Waals surface area (Å²) in [6.07, 6.45) is 0.604. The molecule has 0 saturated carbocycles. The van der Waals surface area contributed by atoms with Crippen molar-refractivity contribution >= 4 is 23.3 Å². The van der Waals surface area contributed by atoms with Crippen molar-refractivity contribution in [1.29, 1.82) is 0 Å². The van der Waals surface area contributed by atoms with E-state index in [4.69, 9.17) is 4.74 Å². The summed E-state index contributed by atoms with van der Waals surface area (Å²) in [6.45, 7) is 1.90. The molecule has 0 heterocycles. The highest BCUT2D eigenvalue weighted by atomic mass is 16.5. The number of carbonyl (C=O) groups is 2. The highest BCUT2D eigenvalue weighted by Crippen LogP contribution is 2.18. The molecule has 0 spiro atoms. The first-order valence-corrected chi connectivity index (χ1v) is 7.45. The van der Waals surface area contributed by atoms with Crippen molar-refractivity contribution in [3.8, 4) is 0 Å². The van der Waals surface area contributed by atoms with Crippen molar-refractivity contribution in [2.45, 2.75) is 19.4 Å². The summed E-state index contributed by atoms with van der Waals surface area (Å²) < 4.78 is 4.76. The standard InChI is InChI=1S/C18H20N2O3/c1-3-16(18(22)23-2)19-14-10-7-11-15(12-14)20-17(21)13-8-5-4-6-9-13/h4-12,16,19H,3H2,1-2H3,(H,20,21)/t16-/m1/s1. The molecule has 0 saturated heterocycles. The van der Waals surface area contributed by atoms with E-state index < -0.39 is 6.04 Å². The molecule has 0 aromatic heterocycles. The van der Waals surface area contributed by atoms with Gasteiger partial charge < -0.3 is 15.4 Å². The highest BCUT2D eigenvalue weighted by Gasteiger charge is 2.16. The lowest BCUT2D eigenvalue weighted by Crippen LogP contribution is -2.29. The third-order valence-corrected chi connectivity index (χ3v) is 3.39. The van der Waals surface area contributed by atoms with Crippen LogP contribution >= 0.6 is 0 Å². The van der Waals surface area contributed by atoms with Crippen LogP contribution in [0.1, 0.15) is 23.7 Å². The fourth-order valence-electron chi connectivity index (χ4n) is 2.15. The Hall–Kier alpha value is -2.82. The average molecular weight is 312 g/mol. The summed E-state index contributed by atoms with van der Waals surface area (Å²) in [5, 5.41) is 5.94. The minimum absolute atomic E-state index is 0.178. The third-order valence-electron chi connectivity index (χ3n) is 3.39. The van der Waals surface area contributed by atoms with Crippen LogP contribution in [-0.4, -0.2) is 25.0 Å². The maximum absolute atomic E-state index is 12.2. The van der Waals surface area contributed by atoms with Gasteiger partial charge >= 0.3 is 5.97 Å².